The van der Waals surface area contributed by atoms with Crippen molar-refractivity contribution in [3.05, 3.63) is 47.4 Å². The summed E-state index contributed by atoms with van der Waals surface area (Å²) in [7, 11) is 0. The van der Waals surface area contributed by atoms with Gasteiger partial charge in [0.2, 0.25) is 0 Å². The number of unbranched alkanes of at least 4 members (excludes halogenated alkanes) is 3. The second kappa shape index (κ2) is 11.4. The molecule has 3 heteroatoms. The van der Waals surface area contributed by atoms with Crippen molar-refractivity contribution in [3.63, 3.8) is 0 Å². The predicted octanol–water partition coefficient (Wildman–Crippen LogP) is 7.55. The van der Waals surface area contributed by atoms with Crippen molar-refractivity contribution < 1.29 is 4.39 Å². The molecule has 0 atom stereocenters. The van der Waals surface area contributed by atoms with Gasteiger partial charge in [-0.25, -0.2) is 4.39 Å². The van der Waals surface area contributed by atoms with Gasteiger partial charge >= 0.3 is 0 Å². The van der Waals surface area contributed by atoms with Crippen molar-refractivity contribution in [1.82, 2.24) is 10.2 Å². The molecule has 2 aromatic rings. The topological polar surface area (TPSA) is 25.8 Å². The molecule has 1 aromatic carbocycles. The zero-order chi connectivity index (χ0) is 20.5. The van der Waals surface area contributed by atoms with Crippen molar-refractivity contribution in [2.75, 3.05) is 0 Å². The van der Waals surface area contributed by atoms with Gasteiger partial charge in [0.15, 0.2) is 0 Å². The molecule has 1 aromatic heterocycles. The van der Waals surface area contributed by atoms with E-state index in [2.05, 4.69) is 24.0 Å². The number of nitrogens with zero attached hydrogens (tertiary/aromatic N) is 2. The number of aryl methyl sites for hydroxylation is 2. The molecule has 0 bridgehead atoms. The third-order valence-electron chi connectivity index (χ3n) is 6.70. The molecule has 1 aliphatic rings. The fraction of sp³-hybridized carbons (Fsp3) is 0.615. The van der Waals surface area contributed by atoms with E-state index in [4.69, 9.17) is 0 Å². The van der Waals surface area contributed by atoms with E-state index in [9.17, 15) is 4.39 Å². The standard InChI is InChI=1S/C26H37FN2/c1-3-5-6-7-8-22-14-17-24(25(27)19-22)26-18-16-23(28-29-26)15-13-21-11-9-20(4-2)10-12-21/h14,16-21H,3-13,15H2,1-2H3. The van der Waals surface area contributed by atoms with Crippen LogP contribution in [0, 0.1) is 17.7 Å². The van der Waals surface area contributed by atoms with E-state index in [1.165, 1.54) is 57.8 Å². The van der Waals surface area contributed by atoms with Crippen molar-refractivity contribution in [2.24, 2.45) is 11.8 Å². The number of hydrogen-bond acceptors (Lipinski definition) is 2. The van der Waals surface area contributed by atoms with E-state index in [0.717, 1.165) is 42.4 Å². The molecule has 0 spiro atoms. The summed E-state index contributed by atoms with van der Waals surface area (Å²) in [6.45, 7) is 4.52. The SMILES string of the molecule is CCCCCCc1ccc(-c2ccc(CCC3CCC(CC)CC3)nn2)c(F)c1. The summed E-state index contributed by atoms with van der Waals surface area (Å²) in [5.74, 6) is 1.59. The molecule has 0 amide bonds. The van der Waals surface area contributed by atoms with Gasteiger partial charge in [-0.15, -0.1) is 0 Å². The van der Waals surface area contributed by atoms with Crippen molar-refractivity contribution in [3.8, 4) is 11.3 Å². The van der Waals surface area contributed by atoms with Gasteiger partial charge in [0.1, 0.15) is 5.82 Å². The highest BCUT2D eigenvalue weighted by atomic mass is 19.1. The zero-order valence-electron chi connectivity index (χ0n) is 18.3. The van der Waals surface area contributed by atoms with Crippen LogP contribution in [-0.2, 0) is 12.8 Å². The van der Waals surface area contributed by atoms with Gasteiger partial charge < -0.3 is 0 Å². The number of aromatic nitrogens is 2. The van der Waals surface area contributed by atoms with E-state index >= 15 is 0 Å². The molecule has 3 rings (SSSR count). The van der Waals surface area contributed by atoms with Crippen LogP contribution in [0.15, 0.2) is 30.3 Å². The minimum Gasteiger partial charge on any atom is -0.206 e. The molecule has 0 unspecified atom stereocenters. The zero-order valence-corrected chi connectivity index (χ0v) is 18.3. The van der Waals surface area contributed by atoms with Gasteiger partial charge in [-0.05, 0) is 67.3 Å². The monoisotopic (exact) mass is 396 g/mol. The maximum Gasteiger partial charge on any atom is 0.132 e. The number of rotatable bonds is 10. The van der Waals surface area contributed by atoms with Crippen LogP contribution < -0.4 is 0 Å². The Morgan fingerprint density at radius 2 is 1.66 bits per heavy atom. The largest absolute Gasteiger partial charge is 0.206 e. The lowest BCUT2D eigenvalue weighted by atomic mass is 9.79. The van der Waals surface area contributed by atoms with Gasteiger partial charge in [-0.1, -0.05) is 71.3 Å². The van der Waals surface area contributed by atoms with Gasteiger partial charge in [0.25, 0.3) is 0 Å². The Morgan fingerprint density at radius 1 is 0.862 bits per heavy atom. The maximum absolute atomic E-state index is 14.6. The van der Waals surface area contributed by atoms with E-state index in [0.29, 0.717) is 11.3 Å². The first-order valence-corrected chi connectivity index (χ1v) is 11.8. The van der Waals surface area contributed by atoms with Gasteiger partial charge in [-0.2, -0.15) is 10.2 Å². The molecule has 0 radical (unpaired) electrons. The van der Waals surface area contributed by atoms with Crippen LogP contribution in [-0.4, -0.2) is 10.2 Å². The van der Waals surface area contributed by atoms with Crippen molar-refractivity contribution >= 4 is 0 Å². The second-order valence-electron chi connectivity index (χ2n) is 8.87. The minimum absolute atomic E-state index is 0.187. The fourth-order valence-electron chi connectivity index (χ4n) is 4.60. The average Bonchev–Trinajstić information content (AvgIpc) is 2.76. The molecule has 1 heterocycles. The lowest BCUT2D eigenvalue weighted by molar-refractivity contribution is 0.258. The van der Waals surface area contributed by atoms with E-state index in [-0.39, 0.29) is 5.82 Å². The Labute approximate surface area is 176 Å². The van der Waals surface area contributed by atoms with Crippen LogP contribution in [0.25, 0.3) is 11.3 Å². The maximum atomic E-state index is 14.6. The van der Waals surface area contributed by atoms with Crippen LogP contribution in [0.1, 0.15) is 89.3 Å². The van der Waals surface area contributed by atoms with E-state index < -0.39 is 0 Å². The Kier molecular flexibility index (Phi) is 8.64. The van der Waals surface area contributed by atoms with E-state index in [1.54, 1.807) is 6.07 Å². The van der Waals surface area contributed by atoms with Crippen LogP contribution in [0.5, 0.6) is 0 Å². The highest BCUT2D eigenvalue weighted by Gasteiger charge is 2.20. The van der Waals surface area contributed by atoms with Crippen LogP contribution in [0.2, 0.25) is 0 Å². The summed E-state index contributed by atoms with van der Waals surface area (Å²) in [5.41, 5.74) is 3.29. The number of benzene rings is 1. The molecule has 0 aliphatic heterocycles. The quantitative estimate of drug-likeness (QED) is 0.387. The third-order valence-corrected chi connectivity index (χ3v) is 6.70. The first kappa shape index (κ1) is 21.9. The second-order valence-corrected chi connectivity index (χ2v) is 8.87. The smallest absolute Gasteiger partial charge is 0.132 e. The van der Waals surface area contributed by atoms with Crippen LogP contribution >= 0.6 is 0 Å². The first-order chi connectivity index (χ1) is 14.2. The Morgan fingerprint density at radius 3 is 2.31 bits per heavy atom. The van der Waals surface area contributed by atoms with Crippen molar-refractivity contribution in [1.29, 1.82) is 0 Å². The summed E-state index contributed by atoms with van der Waals surface area (Å²) >= 11 is 0. The number of hydrogen-bond donors (Lipinski definition) is 0. The predicted molar refractivity (Wildman–Crippen MR) is 119 cm³/mol. The molecule has 29 heavy (non-hydrogen) atoms. The third kappa shape index (κ3) is 6.62. The summed E-state index contributed by atoms with van der Waals surface area (Å²) < 4.78 is 14.6. The molecular weight excluding hydrogens is 359 g/mol. The van der Waals surface area contributed by atoms with Crippen molar-refractivity contribution in [2.45, 2.75) is 90.9 Å². The molecule has 1 fully saturated rings. The minimum atomic E-state index is -0.187. The average molecular weight is 397 g/mol. The highest BCUT2D eigenvalue weighted by molar-refractivity contribution is 5.59. The lowest BCUT2D eigenvalue weighted by Gasteiger charge is -2.27. The highest BCUT2D eigenvalue weighted by Crippen LogP contribution is 2.33. The summed E-state index contributed by atoms with van der Waals surface area (Å²) in [6.07, 6.45) is 14.8. The molecule has 2 nitrogen and oxygen atoms in total. The molecule has 0 saturated heterocycles. The summed E-state index contributed by atoms with van der Waals surface area (Å²) in [4.78, 5) is 0. The van der Waals surface area contributed by atoms with Gasteiger partial charge in [0.05, 0.1) is 11.4 Å². The lowest BCUT2D eigenvalue weighted by Crippen LogP contribution is -2.14. The van der Waals surface area contributed by atoms with Gasteiger partial charge in [0, 0.05) is 5.56 Å². The molecule has 158 valence electrons. The van der Waals surface area contributed by atoms with E-state index in [1.807, 2.05) is 24.3 Å². The Balaban J connectivity index is 1.51. The Hall–Kier alpha value is -1.77. The normalized spacial score (nSPS) is 19.4. The molecular formula is C26H37FN2. The Bertz CT molecular complexity index is 733. The first-order valence-electron chi connectivity index (χ1n) is 11.8. The fourth-order valence-corrected chi connectivity index (χ4v) is 4.60. The van der Waals surface area contributed by atoms with Gasteiger partial charge in [-0.3, -0.25) is 0 Å². The molecule has 0 N–H and O–H groups in total. The molecule has 1 aliphatic carbocycles. The summed E-state index contributed by atoms with van der Waals surface area (Å²) in [5, 5.41) is 8.71. The van der Waals surface area contributed by atoms with Crippen LogP contribution in [0.3, 0.4) is 0 Å². The number of halogens is 1. The van der Waals surface area contributed by atoms with Crippen LogP contribution in [0.4, 0.5) is 4.39 Å². The summed E-state index contributed by atoms with van der Waals surface area (Å²) in [6, 6.07) is 9.52. The molecule has 1 saturated carbocycles.